The lowest BCUT2D eigenvalue weighted by Gasteiger charge is -2.02. The quantitative estimate of drug-likeness (QED) is 0.604. The van der Waals surface area contributed by atoms with E-state index < -0.39 is 0 Å². The Bertz CT molecular complexity index is 348. The van der Waals surface area contributed by atoms with Crippen LogP contribution in [0.1, 0.15) is 50.8 Å². The molecule has 0 bridgehead atoms. The molecule has 0 aliphatic heterocycles. The van der Waals surface area contributed by atoms with E-state index in [1.807, 2.05) is 40.1 Å². The molecule has 0 fully saturated rings. The molecule has 1 heteroatoms. The molecule has 0 atom stereocenters. The third-order valence-electron chi connectivity index (χ3n) is 2.07. The number of allylic oxidation sites excluding steroid dienone is 2. The fraction of sp³-hybridized carbons (Fsp3) is 0.400. The molecular weight excluding hydrogens is 194 g/mol. The largest absolute Gasteiger partial charge is 0.264 e. The molecule has 0 aromatic carbocycles. The fourth-order valence-corrected chi connectivity index (χ4v) is 1.42. The first kappa shape index (κ1) is 14.6. The summed E-state index contributed by atoms with van der Waals surface area (Å²) in [6.45, 7) is 10.1. The van der Waals surface area contributed by atoms with Gasteiger partial charge in [0.05, 0.1) is 0 Å². The second kappa shape index (κ2) is 8.90. The zero-order valence-corrected chi connectivity index (χ0v) is 11.1. The van der Waals surface area contributed by atoms with Crippen LogP contribution in [0.2, 0.25) is 0 Å². The van der Waals surface area contributed by atoms with Crippen LogP contribution < -0.4 is 0 Å². The maximum Gasteiger partial charge on any atom is 0.0346 e. The summed E-state index contributed by atoms with van der Waals surface area (Å²) in [5.41, 5.74) is 3.78. The van der Waals surface area contributed by atoms with Crippen LogP contribution in [-0.2, 0) is 0 Å². The first-order valence-corrected chi connectivity index (χ1v) is 6.15. The molecule has 0 unspecified atom stereocenters. The molecule has 1 aliphatic rings. The van der Waals surface area contributed by atoms with Crippen LogP contribution in [0, 0.1) is 6.92 Å². The van der Waals surface area contributed by atoms with E-state index in [2.05, 4.69) is 36.2 Å². The first-order chi connectivity index (χ1) is 7.88. The van der Waals surface area contributed by atoms with Crippen molar-refractivity contribution in [1.82, 2.24) is 4.98 Å². The van der Waals surface area contributed by atoms with Crippen molar-refractivity contribution < 1.29 is 0 Å². The van der Waals surface area contributed by atoms with Gasteiger partial charge >= 0.3 is 0 Å². The highest BCUT2D eigenvalue weighted by molar-refractivity contribution is 5.68. The Kier molecular flexibility index (Phi) is 8.14. The van der Waals surface area contributed by atoms with E-state index in [9.17, 15) is 0 Å². The molecule has 0 radical (unpaired) electrons. The number of nitrogens with zero attached hydrogens (tertiary/aromatic N) is 1. The van der Waals surface area contributed by atoms with Crippen LogP contribution >= 0.6 is 0 Å². The number of aryl methyl sites for hydroxylation is 1. The van der Waals surface area contributed by atoms with Gasteiger partial charge in [-0.2, -0.15) is 0 Å². The van der Waals surface area contributed by atoms with Gasteiger partial charge in [-0.1, -0.05) is 52.0 Å². The molecule has 1 heterocycles. The molecule has 1 nitrogen and oxygen atoms in total. The van der Waals surface area contributed by atoms with E-state index in [-0.39, 0.29) is 0 Å². The molecule has 0 spiro atoms. The minimum Gasteiger partial charge on any atom is -0.264 e. The van der Waals surface area contributed by atoms with Crippen LogP contribution in [0.4, 0.5) is 0 Å². The Labute approximate surface area is 99.9 Å². The molecule has 1 aliphatic carbocycles. The minimum absolute atomic E-state index is 1.02. The molecule has 0 saturated carbocycles. The van der Waals surface area contributed by atoms with Crippen LogP contribution in [0.15, 0.2) is 24.5 Å². The monoisotopic (exact) mass is 217 g/mol. The predicted molar refractivity (Wildman–Crippen MR) is 74.4 cm³/mol. The van der Waals surface area contributed by atoms with Gasteiger partial charge in [-0.05, 0) is 30.0 Å². The fourth-order valence-electron chi connectivity index (χ4n) is 1.42. The van der Waals surface area contributed by atoms with Gasteiger partial charge in [0.15, 0.2) is 0 Å². The van der Waals surface area contributed by atoms with Crippen LogP contribution in [-0.4, -0.2) is 4.98 Å². The molecule has 1 aromatic heterocycles. The van der Waals surface area contributed by atoms with Crippen molar-refractivity contribution >= 4 is 12.2 Å². The number of rotatable bonds is 0. The lowest BCUT2D eigenvalue weighted by atomic mass is 10.1. The van der Waals surface area contributed by atoms with Crippen LogP contribution in [0.25, 0.3) is 12.2 Å². The summed E-state index contributed by atoms with van der Waals surface area (Å²) < 4.78 is 0. The molecule has 0 saturated heterocycles. The van der Waals surface area contributed by atoms with Gasteiger partial charge in [-0.3, -0.25) is 4.98 Å². The molecule has 16 heavy (non-hydrogen) atoms. The van der Waals surface area contributed by atoms with Crippen molar-refractivity contribution in [2.45, 2.75) is 41.0 Å². The second-order valence-electron chi connectivity index (χ2n) is 3.00. The van der Waals surface area contributed by atoms with E-state index >= 15 is 0 Å². The van der Waals surface area contributed by atoms with Crippen LogP contribution in [0.3, 0.4) is 0 Å². The van der Waals surface area contributed by atoms with E-state index in [4.69, 9.17) is 0 Å². The minimum atomic E-state index is 1.02. The predicted octanol–water partition coefficient (Wildman–Crippen LogP) is 4.87. The topological polar surface area (TPSA) is 12.9 Å². The highest BCUT2D eigenvalue weighted by atomic mass is 14.6. The molecule has 2 rings (SSSR count). The van der Waals surface area contributed by atoms with Gasteiger partial charge < -0.3 is 0 Å². The molecule has 0 N–H and O–H groups in total. The summed E-state index contributed by atoms with van der Waals surface area (Å²) in [7, 11) is 0. The van der Waals surface area contributed by atoms with Gasteiger partial charge in [-0.15, -0.1) is 0 Å². The van der Waals surface area contributed by atoms with E-state index in [1.54, 1.807) is 0 Å². The maximum absolute atomic E-state index is 4.15. The smallest absolute Gasteiger partial charge is 0.0346 e. The normalized spacial score (nSPS) is 11.3. The van der Waals surface area contributed by atoms with Crippen molar-refractivity contribution in [2.24, 2.45) is 0 Å². The Morgan fingerprint density at radius 2 is 1.56 bits per heavy atom. The SMILES string of the molecule is CC.CC.Cc1cncc2c1C=CCC=C2. The third-order valence-corrected chi connectivity index (χ3v) is 2.07. The van der Waals surface area contributed by atoms with Crippen LogP contribution in [0.5, 0.6) is 0 Å². The van der Waals surface area contributed by atoms with E-state index in [0.717, 1.165) is 6.42 Å². The lowest BCUT2D eigenvalue weighted by molar-refractivity contribution is 1.25. The standard InChI is InChI=1S/C11H11N.2C2H6/c1-9-7-12-8-10-5-3-2-4-6-11(9)10;2*1-2/h3-8H,2H2,1H3;2*1-2H3. The van der Waals surface area contributed by atoms with E-state index in [0.29, 0.717) is 0 Å². The molecular formula is C15H23N. The Morgan fingerprint density at radius 1 is 0.938 bits per heavy atom. The summed E-state index contributed by atoms with van der Waals surface area (Å²) in [5.74, 6) is 0. The summed E-state index contributed by atoms with van der Waals surface area (Å²) in [6, 6.07) is 0. The zero-order valence-electron chi connectivity index (χ0n) is 11.1. The van der Waals surface area contributed by atoms with Crippen molar-refractivity contribution in [2.75, 3.05) is 0 Å². The lowest BCUT2D eigenvalue weighted by Crippen LogP contribution is -1.87. The van der Waals surface area contributed by atoms with Gasteiger partial charge in [-0.25, -0.2) is 0 Å². The van der Waals surface area contributed by atoms with Gasteiger partial charge in [0, 0.05) is 12.4 Å². The van der Waals surface area contributed by atoms with Crippen molar-refractivity contribution in [3.05, 3.63) is 41.2 Å². The van der Waals surface area contributed by atoms with Gasteiger partial charge in [0.1, 0.15) is 0 Å². The summed E-state index contributed by atoms with van der Waals surface area (Å²) in [6.07, 6.45) is 13.5. The number of hydrogen-bond donors (Lipinski definition) is 0. The maximum atomic E-state index is 4.15. The highest BCUT2D eigenvalue weighted by Crippen LogP contribution is 2.18. The molecule has 0 amide bonds. The number of fused-ring (bicyclic) bond motifs is 1. The van der Waals surface area contributed by atoms with Gasteiger partial charge in [0.2, 0.25) is 0 Å². The van der Waals surface area contributed by atoms with Crippen molar-refractivity contribution in [3.8, 4) is 0 Å². The van der Waals surface area contributed by atoms with Gasteiger partial charge in [0.25, 0.3) is 0 Å². The average molecular weight is 217 g/mol. The first-order valence-electron chi connectivity index (χ1n) is 6.15. The Hall–Kier alpha value is -1.37. The summed E-state index contributed by atoms with van der Waals surface area (Å²) in [5, 5.41) is 0. The Balaban J connectivity index is 0.000000509. The third kappa shape index (κ3) is 4.01. The highest BCUT2D eigenvalue weighted by Gasteiger charge is 2.01. The second-order valence-corrected chi connectivity index (χ2v) is 3.00. The number of pyridine rings is 1. The molecule has 1 aromatic rings. The van der Waals surface area contributed by atoms with Crippen molar-refractivity contribution in [3.63, 3.8) is 0 Å². The zero-order chi connectivity index (χ0) is 12.4. The summed E-state index contributed by atoms with van der Waals surface area (Å²) in [4.78, 5) is 4.15. The average Bonchev–Trinajstić information content (AvgIpc) is 2.60. The van der Waals surface area contributed by atoms with E-state index in [1.165, 1.54) is 16.7 Å². The number of aromatic nitrogens is 1. The Morgan fingerprint density at radius 3 is 2.25 bits per heavy atom. The summed E-state index contributed by atoms with van der Waals surface area (Å²) >= 11 is 0. The molecule has 88 valence electrons. The van der Waals surface area contributed by atoms with Crippen molar-refractivity contribution in [1.29, 1.82) is 0 Å². The number of hydrogen-bond acceptors (Lipinski definition) is 1.